The Hall–Kier alpha value is -0.940. The highest BCUT2D eigenvalue weighted by atomic mass is 127. The minimum Gasteiger partial charge on any atom is -0.379 e. The molecule has 1 aromatic rings. The van der Waals surface area contributed by atoms with Crippen LogP contribution in [0.3, 0.4) is 0 Å². The summed E-state index contributed by atoms with van der Waals surface area (Å²) in [5.41, 5.74) is 0. The van der Waals surface area contributed by atoms with E-state index in [-0.39, 0.29) is 24.0 Å². The third-order valence-electron chi connectivity index (χ3n) is 3.82. The summed E-state index contributed by atoms with van der Waals surface area (Å²) in [5.74, 6) is 2.19. The molecule has 1 aromatic heterocycles. The van der Waals surface area contributed by atoms with Crippen LogP contribution in [0.4, 0.5) is 0 Å². The van der Waals surface area contributed by atoms with Crippen LogP contribution in [-0.4, -0.2) is 61.7 Å². The molecule has 1 fully saturated rings. The average Bonchev–Trinajstić information content (AvgIpc) is 3.26. The van der Waals surface area contributed by atoms with Gasteiger partial charge in [-0.2, -0.15) is 4.98 Å². The Morgan fingerprint density at radius 1 is 1.35 bits per heavy atom. The largest absolute Gasteiger partial charge is 0.379 e. The van der Waals surface area contributed by atoms with Gasteiger partial charge in [0.05, 0.1) is 12.7 Å². The van der Waals surface area contributed by atoms with Crippen molar-refractivity contribution in [2.75, 3.05) is 39.5 Å². The zero-order chi connectivity index (χ0) is 17.7. The molecule has 2 rings (SSSR count). The molecule has 1 unspecified atom stereocenters. The number of aromatic nitrogens is 2. The van der Waals surface area contributed by atoms with Gasteiger partial charge in [0, 0.05) is 39.3 Å². The van der Waals surface area contributed by atoms with Crippen LogP contribution in [0, 0.1) is 6.92 Å². The first-order valence-electron chi connectivity index (χ1n) is 9.28. The first-order chi connectivity index (χ1) is 12.3. The summed E-state index contributed by atoms with van der Waals surface area (Å²) < 4.78 is 16.3. The molecule has 0 amide bonds. The normalized spacial score (nSPS) is 17.2. The van der Waals surface area contributed by atoms with Gasteiger partial charge in [-0.1, -0.05) is 5.16 Å². The van der Waals surface area contributed by atoms with Crippen molar-refractivity contribution in [1.82, 2.24) is 20.8 Å². The number of rotatable bonds is 11. The Bertz CT molecular complexity index is 506. The Labute approximate surface area is 172 Å². The van der Waals surface area contributed by atoms with Crippen molar-refractivity contribution in [3.05, 3.63) is 11.7 Å². The third kappa shape index (κ3) is 9.67. The Balaban J connectivity index is 0.00000338. The number of hydrogen-bond acceptors (Lipinski definition) is 6. The number of ether oxygens (including phenoxy) is 2. The van der Waals surface area contributed by atoms with Crippen molar-refractivity contribution in [2.24, 2.45) is 4.99 Å². The van der Waals surface area contributed by atoms with Crippen molar-refractivity contribution < 1.29 is 14.0 Å². The van der Waals surface area contributed by atoms with E-state index in [0.717, 1.165) is 64.4 Å². The molecule has 26 heavy (non-hydrogen) atoms. The monoisotopic (exact) mass is 481 g/mol. The average molecular weight is 481 g/mol. The maximum Gasteiger partial charge on any atom is 0.226 e. The predicted octanol–water partition coefficient (Wildman–Crippen LogP) is 2.07. The fourth-order valence-corrected chi connectivity index (χ4v) is 2.58. The topological polar surface area (TPSA) is 93.8 Å². The van der Waals surface area contributed by atoms with Crippen LogP contribution in [0.1, 0.15) is 44.3 Å². The fourth-order valence-electron chi connectivity index (χ4n) is 2.58. The quantitative estimate of drug-likeness (QED) is 0.216. The molecular formula is C17H32IN5O3. The molecule has 9 heteroatoms. The molecule has 0 saturated carbocycles. The zero-order valence-electron chi connectivity index (χ0n) is 15.8. The van der Waals surface area contributed by atoms with Gasteiger partial charge in [0.25, 0.3) is 0 Å². The van der Waals surface area contributed by atoms with Crippen molar-refractivity contribution >= 4 is 29.9 Å². The molecule has 150 valence electrons. The number of halogens is 1. The Morgan fingerprint density at radius 2 is 2.23 bits per heavy atom. The first kappa shape index (κ1) is 23.1. The summed E-state index contributed by atoms with van der Waals surface area (Å²) in [6, 6.07) is 0. The van der Waals surface area contributed by atoms with Crippen molar-refractivity contribution in [1.29, 1.82) is 0 Å². The van der Waals surface area contributed by atoms with Crippen LogP contribution in [0.5, 0.6) is 0 Å². The van der Waals surface area contributed by atoms with Crippen LogP contribution < -0.4 is 10.6 Å². The first-order valence-corrected chi connectivity index (χ1v) is 9.28. The van der Waals surface area contributed by atoms with E-state index in [1.807, 2.05) is 6.92 Å². The van der Waals surface area contributed by atoms with E-state index >= 15 is 0 Å². The molecule has 1 aliphatic heterocycles. The van der Waals surface area contributed by atoms with Gasteiger partial charge in [-0.05, 0) is 39.5 Å². The van der Waals surface area contributed by atoms with Crippen molar-refractivity contribution in [3.8, 4) is 0 Å². The van der Waals surface area contributed by atoms with Crippen LogP contribution in [-0.2, 0) is 15.9 Å². The van der Waals surface area contributed by atoms with Gasteiger partial charge < -0.3 is 24.6 Å². The zero-order valence-corrected chi connectivity index (χ0v) is 18.2. The lowest BCUT2D eigenvalue weighted by molar-refractivity contribution is 0.0168. The molecule has 0 spiro atoms. The lowest BCUT2D eigenvalue weighted by atomic mass is 10.2. The lowest BCUT2D eigenvalue weighted by Crippen LogP contribution is -2.38. The number of aryl methyl sites for hydroxylation is 2. The second kappa shape index (κ2) is 14.2. The van der Waals surface area contributed by atoms with Crippen LogP contribution in [0.15, 0.2) is 9.52 Å². The maximum absolute atomic E-state index is 5.66. The van der Waals surface area contributed by atoms with Crippen LogP contribution >= 0.6 is 24.0 Å². The molecule has 1 atom stereocenters. The summed E-state index contributed by atoms with van der Waals surface area (Å²) in [5, 5.41) is 10.4. The van der Waals surface area contributed by atoms with E-state index in [9.17, 15) is 0 Å². The fraction of sp³-hybridized carbons (Fsp3) is 0.824. The van der Waals surface area contributed by atoms with Gasteiger partial charge in [-0.3, -0.25) is 4.99 Å². The van der Waals surface area contributed by atoms with E-state index in [4.69, 9.17) is 14.0 Å². The second-order valence-electron chi connectivity index (χ2n) is 6.09. The number of nitrogens with zero attached hydrogens (tertiary/aromatic N) is 3. The molecule has 8 nitrogen and oxygen atoms in total. The predicted molar refractivity (Wildman–Crippen MR) is 111 cm³/mol. The summed E-state index contributed by atoms with van der Waals surface area (Å²) in [6.07, 6.45) is 5.15. The molecule has 0 aliphatic carbocycles. The maximum atomic E-state index is 5.66. The summed E-state index contributed by atoms with van der Waals surface area (Å²) >= 11 is 0. The lowest BCUT2D eigenvalue weighted by Gasteiger charge is -2.12. The SMILES string of the molecule is CCNC(=NCCCc1nc(C)no1)NCCCOCC1CCCO1.I. The van der Waals surface area contributed by atoms with E-state index in [1.165, 1.54) is 0 Å². The van der Waals surface area contributed by atoms with Gasteiger partial charge in [0.2, 0.25) is 5.89 Å². The number of hydrogen-bond donors (Lipinski definition) is 2. The van der Waals surface area contributed by atoms with Crippen molar-refractivity contribution in [3.63, 3.8) is 0 Å². The van der Waals surface area contributed by atoms with E-state index in [2.05, 4.69) is 32.7 Å². The van der Waals surface area contributed by atoms with Gasteiger partial charge >= 0.3 is 0 Å². The number of guanidine groups is 1. The summed E-state index contributed by atoms with van der Waals surface area (Å²) in [7, 11) is 0. The highest BCUT2D eigenvalue weighted by molar-refractivity contribution is 14.0. The number of nitrogens with one attached hydrogen (secondary N) is 2. The molecule has 1 saturated heterocycles. The minimum absolute atomic E-state index is 0. The molecule has 0 radical (unpaired) electrons. The Morgan fingerprint density at radius 3 is 2.92 bits per heavy atom. The van der Waals surface area contributed by atoms with Gasteiger partial charge in [-0.25, -0.2) is 0 Å². The number of aliphatic imine (C=N–C) groups is 1. The standard InChI is InChI=1S/C17H31N5O3.HI/c1-3-18-17(19-9-4-8-16-21-14(2)22-25-16)20-10-6-11-23-13-15-7-5-12-24-15;/h15H,3-13H2,1-2H3,(H2,18,19,20);1H. The van der Waals surface area contributed by atoms with E-state index < -0.39 is 0 Å². The third-order valence-corrected chi connectivity index (χ3v) is 3.82. The van der Waals surface area contributed by atoms with Gasteiger partial charge in [0.1, 0.15) is 0 Å². The van der Waals surface area contributed by atoms with E-state index in [1.54, 1.807) is 0 Å². The highest BCUT2D eigenvalue weighted by Crippen LogP contribution is 2.11. The Kier molecular flexibility index (Phi) is 12.6. The van der Waals surface area contributed by atoms with Crippen LogP contribution in [0.2, 0.25) is 0 Å². The molecule has 0 aromatic carbocycles. The second-order valence-corrected chi connectivity index (χ2v) is 6.09. The molecule has 0 bridgehead atoms. The smallest absolute Gasteiger partial charge is 0.226 e. The summed E-state index contributed by atoms with van der Waals surface area (Å²) in [4.78, 5) is 8.75. The highest BCUT2D eigenvalue weighted by Gasteiger charge is 2.14. The van der Waals surface area contributed by atoms with E-state index in [0.29, 0.717) is 31.0 Å². The minimum atomic E-state index is 0. The molecule has 2 heterocycles. The summed E-state index contributed by atoms with van der Waals surface area (Å²) in [6.45, 7) is 8.60. The van der Waals surface area contributed by atoms with Gasteiger partial charge in [0.15, 0.2) is 11.8 Å². The van der Waals surface area contributed by atoms with Gasteiger partial charge in [-0.15, -0.1) is 24.0 Å². The molecule has 2 N–H and O–H groups in total. The molecular weight excluding hydrogens is 449 g/mol. The van der Waals surface area contributed by atoms with Crippen LogP contribution in [0.25, 0.3) is 0 Å². The molecule has 1 aliphatic rings. The van der Waals surface area contributed by atoms with Crippen molar-refractivity contribution in [2.45, 2.75) is 52.1 Å².